The lowest BCUT2D eigenvalue weighted by Gasteiger charge is -2.26. The maximum Gasteiger partial charge on any atom is 0.445 e. The molecule has 0 radical (unpaired) electrons. The van der Waals surface area contributed by atoms with Crippen molar-refractivity contribution in [2.75, 3.05) is 30.5 Å². The minimum atomic E-state index is -0.692. The highest BCUT2D eigenvalue weighted by Crippen LogP contribution is 2.31. The van der Waals surface area contributed by atoms with Crippen molar-refractivity contribution in [1.29, 1.82) is 0 Å². The number of rotatable bonds is 5. The summed E-state index contributed by atoms with van der Waals surface area (Å²) in [5, 5.41) is 5.42. The molecule has 3 rings (SSSR count). The molecule has 0 spiro atoms. The summed E-state index contributed by atoms with van der Waals surface area (Å²) in [6.07, 6.45) is 3.21. The number of fused-ring (bicyclic) bond motifs is 1. The predicted octanol–water partition coefficient (Wildman–Crippen LogP) is 1.53. The lowest BCUT2D eigenvalue weighted by atomic mass is 10.0. The molecule has 2 aliphatic rings. The third-order valence-corrected chi connectivity index (χ3v) is 5.45. The van der Waals surface area contributed by atoms with Crippen molar-refractivity contribution in [3.63, 3.8) is 0 Å². The van der Waals surface area contributed by atoms with E-state index in [9.17, 15) is 19.2 Å². The van der Waals surface area contributed by atoms with Crippen LogP contribution in [0.1, 0.15) is 6.92 Å². The van der Waals surface area contributed by atoms with Crippen LogP contribution in [0.4, 0.5) is 16.2 Å². The molecule has 0 fully saturated rings. The second-order valence-corrected chi connectivity index (χ2v) is 7.52. The Bertz CT molecular complexity index is 981. The van der Waals surface area contributed by atoms with Gasteiger partial charge in [-0.05, 0) is 30.3 Å². The van der Waals surface area contributed by atoms with Gasteiger partial charge in [0.2, 0.25) is 11.8 Å². The predicted molar refractivity (Wildman–Crippen MR) is 111 cm³/mol. The number of amides is 5. The number of benzene rings is 1. The van der Waals surface area contributed by atoms with Crippen LogP contribution in [-0.2, 0) is 14.4 Å². The second-order valence-electron chi connectivity index (χ2n) is 6.47. The molecule has 0 bridgehead atoms. The number of allylic oxidation sites excluding steroid dienone is 1. The molecule has 0 saturated heterocycles. The van der Waals surface area contributed by atoms with Gasteiger partial charge < -0.3 is 10.6 Å². The molecule has 10 heteroatoms. The van der Waals surface area contributed by atoms with Gasteiger partial charge >= 0.3 is 11.9 Å². The quantitative estimate of drug-likeness (QED) is 0.710. The molecule has 0 saturated carbocycles. The Morgan fingerprint density at radius 3 is 2.41 bits per heavy atom. The Kier molecular flexibility index (Phi) is 5.92. The molecule has 1 aromatic rings. The molecule has 1 aromatic carbocycles. The molecule has 2 aliphatic heterocycles. The Labute approximate surface area is 171 Å². The molecule has 150 valence electrons. The van der Waals surface area contributed by atoms with Crippen LogP contribution in [0.2, 0.25) is 0 Å². The van der Waals surface area contributed by atoms with Crippen molar-refractivity contribution in [2.45, 2.75) is 6.92 Å². The Hall–Kier alpha value is -3.27. The number of nitrogens with one attached hydrogen (secondary N) is 2. The zero-order valence-electron chi connectivity index (χ0n) is 16.1. The van der Waals surface area contributed by atoms with Crippen LogP contribution in [-0.4, -0.2) is 65.1 Å². The second kappa shape index (κ2) is 8.39. The van der Waals surface area contributed by atoms with Crippen molar-refractivity contribution in [1.82, 2.24) is 4.90 Å². The number of anilines is 2. The van der Waals surface area contributed by atoms with Gasteiger partial charge in [-0.3, -0.25) is 14.4 Å². The van der Waals surface area contributed by atoms with Crippen molar-refractivity contribution >= 4 is 58.9 Å². The first-order chi connectivity index (χ1) is 13.8. The summed E-state index contributed by atoms with van der Waals surface area (Å²) >= 11 is 1.23. The number of amidine groups is 1. The van der Waals surface area contributed by atoms with Crippen LogP contribution >= 0.6 is 11.8 Å². The number of hydrogen-bond donors (Lipinski definition) is 2. The third-order valence-electron chi connectivity index (χ3n) is 4.34. The average Bonchev–Trinajstić information content (AvgIpc) is 2.70. The van der Waals surface area contributed by atoms with E-state index in [1.807, 2.05) is 0 Å². The molecular weight excluding hydrogens is 394 g/mol. The van der Waals surface area contributed by atoms with Crippen LogP contribution in [0.5, 0.6) is 0 Å². The number of nitrogens with zero attached hydrogens (tertiary/aromatic N) is 3. The summed E-state index contributed by atoms with van der Waals surface area (Å²) in [5.41, 5.74) is 1.23. The van der Waals surface area contributed by atoms with Crippen LogP contribution in [0.15, 0.2) is 40.2 Å². The van der Waals surface area contributed by atoms with Crippen molar-refractivity contribution < 1.29 is 23.8 Å². The van der Waals surface area contributed by atoms with E-state index in [4.69, 9.17) is 0 Å². The zero-order valence-corrected chi connectivity index (χ0v) is 16.9. The number of imide groups is 1. The first-order valence-electron chi connectivity index (χ1n) is 8.74. The molecule has 2 heterocycles. The first kappa shape index (κ1) is 20.5. The van der Waals surface area contributed by atoms with E-state index in [1.54, 1.807) is 37.4 Å². The van der Waals surface area contributed by atoms with Gasteiger partial charge in [0.05, 0.1) is 19.8 Å². The van der Waals surface area contributed by atoms with E-state index >= 15 is 0 Å². The Morgan fingerprint density at radius 2 is 1.79 bits per heavy atom. The van der Waals surface area contributed by atoms with Crippen molar-refractivity contribution in [3.8, 4) is 0 Å². The number of carbonyl (C=O) groups is 4. The molecular formula is C19H20N5O4S+. The molecule has 2 N–H and O–H groups in total. The summed E-state index contributed by atoms with van der Waals surface area (Å²) in [6, 6.07) is 6.31. The average molecular weight is 414 g/mol. The SMILES string of the molecule is CC(=O)Nc1ccc(NC(=O)CSC2=CC=NC3=[N+](C)C(=O)N(C)C(=O)C23)cc1. The zero-order chi connectivity index (χ0) is 21.1. The van der Waals surface area contributed by atoms with E-state index in [0.717, 1.165) is 4.90 Å². The maximum absolute atomic E-state index is 12.6. The maximum atomic E-state index is 12.6. The van der Waals surface area contributed by atoms with Gasteiger partial charge in [-0.1, -0.05) is 0 Å². The largest absolute Gasteiger partial charge is 0.445 e. The smallest absolute Gasteiger partial charge is 0.326 e. The Morgan fingerprint density at radius 1 is 1.17 bits per heavy atom. The van der Waals surface area contributed by atoms with Crippen LogP contribution < -0.4 is 10.6 Å². The topological polar surface area (TPSA) is 111 Å². The van der Waals surface area contributed by atoms with Gasteiger partial charge in [0.25, 0.3) is 5.84 Å². The first-order valence-corrected chi connectivity index (χ1v) is 9.73. The molecule has 1 atom stereocenters. The van der Waals surface area contributed by atoms with E-state index in [2.05, 4.69) is 15.6 Å². The highest BCUT2D eigenvalue weighted by Gasteiger charge is 2.47. The van der Waals surface area contributed by atoms with Gasteiger partial charge in [0.15, 0.2) is 5.92 Å². The molecule has 29 heavy (non-hydrogen) atoms. The summed E-state index contributed by atoms with van der Waals surface area (Å²) in [7, 11) is 2.99. The lowest BCUT2D eigenvalue weighted by molar-refractivity contribution is -0.407. The number of hydrogen-bond acceptors (Lipinski definition) is 6. The van der Waals surface area contributed by atoms with E-state index in [-0.39, 0.29) is 23.5 Å². The fourth-order valence-electron chi connectivity index (χ4n) is 2.93. The lowest BCUT2D eigenvalue weighted by Crippen LogP contribution is -2.52. The van der Waals surface area contributed by atoms with E-state index in [0.29, 0.717) is 22.1 Å². The minimum Gasteiger partial charge on any atom is -0.326 e. The highest BCUT2D eigenvalue weighted by atomic mass is 32.2. The normalized spacial score (nSPS) is 18.4. The molecule has 0 aromatic heterocycles. The standard InChI is InChI=1S/C19H19N5O4S/c1-11(25)21-12-4-6-13(7-5-12)22-15(26)10-29-14-8-9-20-17-16(14)18(27)24(3)19(28)23(17)2/h4-9,16H,10H2,1-3H3,(H-,21,22,25,26)/p+1. The molecule has 0 aliphatic carbocycles. The highest BCUT2D eigenvalue weighted by molar-refractivity contribution is 8.03. The van der Waals surface area contributed by atoms with Gasteiger partial charge in [0, 0.05) is 23.2 Å². The fraction of sp³-hybridized carbons (Fsp3) is 0.263. The van der Waals surface area contributed by atoms with Gasteiger partial charge in [-0.2, -0.15) is 9.48 Å². The summed E-state index contributed by atoms with van der Waals surface area (Å²) in [6.45, 7) is 1.42. The van der Waals surface area contributed by atoms with Gasteiger partial charge in [-0.15, -0.1) is 16.8 Å². The van der Waals surface area contributed by atoms with E-state index < -0.39 is 11.9 Å². The molecule has 9 nitrogen and oxygen atoms in total. The summed E-state index contributed by atoms with van der Waals surface area (Å²) in [5.74, 6) is -1.03. The Balaban J connectivity index is 1.63. The van der Waals surface area contributed by atoms with Crippen molar-refractivity contribution in [3.05, 3.63) is 35.2 Å². The number of thioether (sulfide) groups is 1. The fourth-order valence-corrected chi connectivity index (χ4v) is 3.83. The third kappa shape index (κ3) is 4.43. The molecule has 5 amide bonds. The minimum absolute atomic E-state index is 0.0888. The summed E-state index contributed by atoms with van der Waals surface area (Å²) in [4.78, 5) is 53.9. The van der Waals surface area contributed by atoms with Crippen LogP contribution in [0, 0.1) is 5.92 Å². The monoisotopic (exact) mass is 414 g/mol. The van der Waals surface area contributed by atoms with Crippen molar-refractivity contribution in [2.24, 2.45) is 10.9 Å². The van der Waals surface area contributed by atoms with Gasteiger partial charge in [0.1, 0.15) is 6.21 Å². The number of carbonyl (C=O) groups excluding carboxylic acids is 4. The number of aliphatic imine (C=N–C) groups is 1. The van der Waals surface area contributed by atoms with Gasteiger partial charge in [-0.25, -0.2) is 4.79 Å². The van der Waals surface area contributed by atoms with Crippen LogP contribution in [0.25, 0.3) is 0 Å². The number of urea groups is 1. The molecule has 1 unspecified atom stereocenters. The van der Waals surface area contributed by atoms with E-state index in [1.165, 1.54) is 36.5 Å². The number of dihydropyridines is 1. The van der Waals surface area contributed by atoms with Crippen LogP contribution in [0.3, 0.4) is 0 Å². The summed E-state index contributed by atoms with van der Waals surface area (Å²) < 4.78 is 1.34.